The second-order valence-electron chi connectivity index (χ2n) is 9.54. The van der Waals surface area contributed by atoms with Gasteiger partial charge in [0.05, 0.1) is 21.7 Å². The third-order valence-corrected chi connectivity index (χ3v) is 7.27. The van der Waals surface area contributed by atoms with Gasteiger partial charge in [-0.3, -0.25) is 10.1 Å². The minimum absolute atomic E-state index is 0.00369. The Morgan fingerprint density at radius 3 is 2.65 bits per heavy atom. The topological polar surface area (TPSA) is 105 Å². The summed E-state index contributed by atoms with van der Waals surface area (Å²) in [5.74, 6) is -0.748. The van der Waals surface area contributed by atoms with Crippen molar-refractivity contribution in [3.05, 3.63) is 75.0 Å². The Kier molecular flexibility index (Phi) is 6.13. The number of anilines is 1. The lowest BCUT2D eigenvalue weighted by Crippen LogP contribution is -2.30. The molecule has 1 aliphatic carbocycles. The van der Waals surface area contributed by atoms with Crippen LogP contribution >= 0.6 is 0 Å². The molecule has 4 rings (SSSR count). The van der Waals surface area contributed by atoms with Crippen LogP contribution in [0.5, 0.6) is 0 Å². The van der Waals surface area contributed by atoms with Crippen LogP contribution < -0.4 is 5.32 Å². The van der Waals surface area contributed by atoms with Crippen molar-refractivity contribution in [2.45, 2.75) is 40.0 Å². The summed E-state index contributed by atoms with van der Waals surface area (Å²) in [6, 6.07) is 12.4. The van der Waals surface area contributed by atoms with E-state index in [1.165, 1.54) is 0 Å². The minimum Gasteiger partial charge on any atom is -0.478 e. The van der Waals surface area contributed by atoms with E-state index in [4.69, 9.17) is 4.98 Å². The summed E-state index contributed by atoms with van der Waals surface area (Å²) in [5, 5.41) is 25.3. The van der Waals surface area contributed by atoms with Crippen molar-refractivity contribution in [2.24, 2.45) is 11.3 Å². The van der Waals surface area contributed by atoms with Gasteiger partial charge >= 0.3 is 5.97 Å². The van der Waals surface area contributed by atoms with Gasteiger partial charge in [0.2, 0.25) is 0 Å². The number of pyridine rings is 1. The van der Waals surface area contributed by atoms with E-state index in [1.54, 1.807) is 19.2 Å². The van der Waals surface area contributed by atoms with Gasteiger partial charge in [0.25, 0.3) is 5.69 Å². The van der Waals surface area contributed by atoms with Gasteiger partial charge in [0.15, 0.2) is 0 Å². The van der Waals surface area contributed by atoms with E-state index in [1.807, 2.05) is 36.4 Å². The number of aromatic nitrogens is 1. The fourth-order valence-electron chi connectivity index (χ4n) is 4.81. The third kappa shape index (κ3) is 4.14. The number of rotatable bonds is 6. The number of fused-ring (bicyclic) bond motifs is 2. The highest BCUT2D eigenvalue weighted by molar-refractivity contribution is 6.06. The second kappa shape index (κ2) is 8.89. The molecule has 0 spiro atoms. The molecule has 0 fully saturated rings. The van der Waals surface area contributed by atoms with Crippen LogP contribution in [0, 0.1) is 21.4 Å². The molecule has 0 saturated carbocycles. The summed E-state index contributed by atoms with van der Waals surface area (Å²) in [6.07, 6.45) is 4.23. The maximum atomic E-state index is 12.4. The monoisotopic (exact) mass is 459 g/mol. The predicted molar refractivity (Wildman–Crippen MR) is 135 cm³/mol. The average molecular weight is 460 g/mol. The van der Waals surface area contributed by atoms with Gasteiger partial charge in [-0.05, 0) is 59.1 Å². The van der Waals surface area contributed by atoms with Crippen LogP contribution in [0.15, 0.2) is 42.5 Å². The van der Waals surface area contributed by atoms with Gasteiger partial charge in [-0.25, -0.2) is 9.78 Å². The molecule has 34 heavy (non-hydrogen) atoms. The SMILES string of the molecule is CCC(C)(C)C1C/C(=C/c2ccc(NC)c([N+](=O)[O-])c2)c2nc3ccccc3c(C(=O)O)c2C1. The molecule has 0 saturated heterocycles. The average Bonchev–Trinajstić information content (AvgIpc) is 2.82. The Bertz CT molecular complexity index is 1330. The van der Waals surface area contributed by atoms with E-state index in [9.17, 15) is 20.0 Å². The number of nitro benzene ring substituents is 1. The van der Waals surface area contributed by atoms with E-state index < -0.39 is 10.9 Å². The minimum atomic E-state index is -0.960. The van der Waals surface area contributed by atoms with Crippen molar-refractivity contribution < 1.29 is 14.8 Å². The van der Waals surface area contributed by atoms with E-state index in [0.717, 1.165) is 24.0 Å². The van der Waals surface area contributed by atoms with E-state index in [0.29, 0.717) is 39.8 Å². The molecule has 176 valence electrons. The van der Waals surface area contributed by atoms with Crippen LogP contribution in [0.3, 0.4) is 0 Å². The lowest BCUT2D eigenvalue weighted by Gasteiger charge is -2.38. The first-order valence-electron chi connectivity index (χ1n) is 11.5. The number of carbonyl (C=O) groups is 1. The number of aromatic carboxylic acids is 1. The number of nitrogens with zero attached hydrogens (tertiary/aromatic N) is 2. The van der Waals surface area contributed by atoms with Crippen LogP contribution in [-0.4, -0.2) is 28.0 Å². The van der Waals surface area contributed by atoms with Crippen molar-refractivity contribution >= 4 is 39.9 Å². The Morgan fingerprint density at radius 2 is 2.00 bits per heavy atom. The largest absolute Gasteiger partial charge is 0.478 e. The number of nitrogens with one attached hydrogen (secondary N) is 1. The van der Waals surface area contributed by atoms with Crippen LogP contribution in [0.4, 0.5) is 11.4 Å². The van der Waals surface area contributed by atoms with Gasteiger partial charge in [0, 0.05) is 18.5 Å². The quantitative estimate of drug-likeness (QED) is 0.325. The summed E-state index contributed by atoms with van der Waals surface area (Å²) < 4.78 is 0. The number of hydrogen-bond acceptors (Lipinski definition) is 5. The maximum absolute atomic E-state index is 12.4. The number of allylic oxidation sites excluding steroid dienone is 1. The molecule has 0 aliphatic heterocycles. The Labute approximate surface area is 198 Å². The second-order valence-corrected chi connectivity index (χ2v) is 9.54. The van der Waals surface area contributed by atoms with Crippen LogP contribution in [0.1, 0.15) is 60.8 Å². The molecule has 1 unspecified atom stereocenters. The van der Waals surface area contributed by atoms with Crippen molar-refractivity contribution in [3.8, 4) is 0 Å². The summed E-state index contributed by atoms with van der Waals surface area (Å²) in [7, 11) is 1.65. The van der Waals surface area contributed by atoms with Crippen LogP contribution in [0.2, 0.25) is 0 Å². The molecule has 7 nitrogen and oxygen atoms in total. The predicted octanol–water partition coefficient (Wildman–Crippen LogP) is 6.42. The van der Waals surface area contributed by atoms with Gasteiger partial charge in [-0.2, -0.15) is 0 Å². The summed E-state index contributed by atoms with van der Waals surface area (Å²) in [4.78, 5) is 28.5. The molecule has 1 aromatic heterocycles. The van der Waals surface area contributed by atoms with Gasteiger partial charge < -0.3 is 10.4 Å². The molecule has 1 aliphatic rings. The molecular formula is C27H29N3O4. The fraction of sp³-hybridized carbons (Fsp3) is 0.333. The smallest absolute Gasteiger partial charge is 0.336 e. The molecule has 2 aromatic carbocycles. The Hall–Kier alpha value is -3.74. The molecular weight excluding hydrogens is 430 g/mol. The first kappa shape index (κ1) is 23.4. The van der Waals surface area contributed by atoms with E-state index in [-0.39, 0.29) is 17.0 Å². The normalized spacial score (nSPS) is 16.9. The number of para-hydroxylation sites is 1. The third-order valence-electron chi connectivity index (χ3n) is 7.27. The van der Waals surface area contributed by atoms with Gasteiger partial charge in [-0.15, -0.1) is 0 Å². The zero-order valence-corrected chi connectivity index (χ0v) is 19.9. The number of hydrogen-bond donors (Lipinski definition) is 2. The van der Waals surface area contributed by atoms with Crippen molar-refractivity contribution in [2.75, 3.05) is 12.4 Å². The van der Waals surface area contributed by atoms with E-state index in [2.05, 4.69) is 26.1 Å². The standard InChI is InChI=1S/C27H29N3O4/c1-5-27(2,3)18-14-17(12-16-10-11-22(28-4)23(13-16)30(33)34)25-20(15-18)24(26(31)32)19-8-6-7-9-21(19)29-25/h6-13,18,28H,5,14-15H2,1-4H3,(H,31,32)/b17-12-. The molecule has 7 heteroatoms. The zero-order valence-electron chi connectivity index (χ0n) is 19.9. The Morgan fingerprint density at radius 1 is 1.26 bits per heavy atom. The first-order chi connectivity index (χ1) is 16.2. The number of carboxylic acids is 1. The highest BCUT2D eigenvalue weighted by Gasteiger charge is 2.36. The van der Waals surface area contributed by atoms with Gasteiger partial charge in [0.1, 0.15) is 5.69 Å². The van der Waals surface area contributed by atoms with Crippen LogP contribution in [-0.2, 0) is 6.42 Å². The number of benzene rings is 2. The van der Waals surface area contributed by atoms with Gasteiger partial charge in [-0.1, -0.05) is 51.5 Å². The zero-order chi connectivity index (χ0) is 24.6. The van der Waals surface area contributed by atoms with E-state index >= 15 is 0 Å². The fourth-order valence-corrected chi connectivity index (χ4v) is 4.81. The number of carboxylic acid groups (broad SMARTS) is 1. The molecule has 3 aromatic rings. The first-order valence-corrected chi connectivity index (χ1v) is 11.5. The molecule has 1 heterocycles. The molecule has 1 atom stereocenters. The highest BCUT2D eigenvalue weighted by Crippen LogP contribution is 2.46. The van der Waals surface area contributed by atoms with Crippen LogP contribution in [0.25, 0.3) is 22.6 Å². The van der Waals surface area contributed by atoms with Crippen molar-refractivity contribution in [1.29, 1.82) is 0 Å². The lowest BCUT2D eigenvalue weighted by atomic mass is 9.67. The summed E-state index contributed by atoms with van der Waals surface area (Å²) in [6.45, 7) is 6.57. The summed E-state index contributed by atoms with van der Waals surface area (Å²) >= 11 is 0. The molecule has 0 amide bonds. The molecule has 2 N–H and O–H groups in total. The highest BCUT2D eigenvalue weighted by atomic mass is 16.6. The van der Waals surface area contributed by atoms with Crippen molar-refractivity contribution in [1.82, 2.24) is 4.98 Å². The Balaban J connectivity index is 1.98. The molecule has 0 bridgehead atoms. The van der Waals surface area contributed by atoms with Crippen molar-refractivity contribution in [3.63, 3.8) is 0 Å². The maximum Gasteiger partial charge on any atom is 0.336 e. The lowest BCUT2D eigenvalue weighted by molar-refractivity contribution is -0.383. The number of nitro groups is 1. The molecule has 0 radical (unpaired) electrons. The summed E-state index contributed by atoms with van der Waals surface area (Å²) in [5.41, 5.74) is 4.39.